The van der Waals surface area contributed by atoms with Crippen molar-refractivity contribution in [2.45, 2.75) is 175 Å². The number of amides is 10. The van der Waals surface area contributed by atoms with Gasteiger partial charge in [0.25, 0.3) is 0 Å². The third-order valence-electron chi connectivity index (χ3n) is 10.5. The molecule has 25 nitrogen and oxygen atoms in total. The van der Waals surface area contributed by atoms with Gasteiger partial charge in [0.2, 0.25) is 59.1 Å². The molecule has 0 rings (SSSR count). The van der Waals surface area contributed by atoms with Gasteiger partial charge in [-0.1, -0.05) is 61.8 Å². The number of nitrogens with two attached hydrogens (primary N) is 3. The van der Waals surface area contributed by atoms with Crippen molar-refractivity contribution in [3.63, 3.8) is 0 Å². The number of rotatable bonds is 32. The monoisotopic (exact) mass is 972 g/mol. The summed E-state index contributed by atoms with van der Waals surface area (Å²) in [5.41, 5.74) is 16.2. The fourth-order valence-electron chi connectivity index (χ4n) is 6.52. The van der Waals surface area contributed by atoms with Gasteiger partial charge >= 0.3 is 5.97 Å². The van der Waals surface area contributed by atoms with Crippen molar-refractivity contribution in [1.29, 1.82) is 0 Å². The Labute approximate surface area is 397 Å². The minimum Gasteiger partial charge on any atom is -0.480 e. The molecule has 0 aliphatic carbocycles. The Balaban J connectivity index is 6.41. The fraction of sp³-hybridized carbons (Fsp3) is 0.744. The minimum atomic E-state index is -1.65. The zero-order valence-electron chi connectivity index (χ0n) is 40.8. The molecule has 0 saturated heterocycles. The van der Waals surface area contributed by atoms with E-state index in [0.29, 0.717) is 6.42 Å². The molecule has 0 bridgehead atoms. The molecule has 0 saturated carbocycles. The number of primary amides is 2. The lowest BCUT2D eigenvalue weighted by Crippen LogP contribution is -2.61. The van der Waals surface area contributed by atoms with E-state index in [4.69, 9.17) is 17.2 Å². The quantitative estimate of drug-likeness (QED) is 0.0306. The molecule has 25 heteroatoms. The number of hydrogen-bond acceptors (Lipinski definition) is 14. The molecule has 0 fully saturated rings. The van der Waals surface area contributed by atoms with Crippen molar-refractivity contribution in [3.8, 4) is 0 Å². The molecule has 0 aliphatic heterocycles. The van der Waals surface area contributed by atoms with Gasteiger partial charge < -0.3 is 75.1 Å². The first-order valence-electron chi connectivity index (χ1n) is 22.7. The van der Waals surface area contributed by atoms with E-state index in [-0.39, 0.29) is 43.4 Å². The van der Waals surface area contributed by atoms with Gasteiger partial charge in [0.1, 0.15) is 48.3 Å². The number of aliphatic carboxylic acids is 1. The van der Waals surface area contributed by atoms with Gasteiger partial charge in [-0.25, -0.2) is 4.79 Å². The molecule has 0 aliphatic rings. The number of hydrogen-bond donors (Lipinski definition) is 14. The maximum Gasteiger partial charge on any atom is 0.328 e. The summed E-state index contributed by atoms with van der Waals surface area (Å²) < 4.78 is 0. The average molecular weight is 972 g/mol. The van der Waals surface area contributed by atoms with Crippen molar-refractivity contribution in [1.82, 2.24) is 42.5 Å². The SMILES string of the molecule is CC[C@H](C)[C@H](NC(=O)[C@H](CC(C)C)NC(=O)[C@H](C)NC(=O)[C@H](CC(C)C)NC(=O)[C@H](CCC(N)=O)NC(=O)[C@H](CC(C)C)NC(=O)[C@@H](NC(=O)[C@@H](N)CC(N)=O)[C@@H](C)O)C(=O)N[C@@H](CO)C(=O)O. The molecule has 68 heavy (non-hydrogen) atoms. The van der Waals surface area contributed by atoms with Crippen LogP contribution in [0.2, 0.25) is 0 Å². The zero-order chi connectivity index (χ0) is 52.7. The second-order valence-electron chi connectivity index (χ2n) is 18.3. The Morgan fingerprint density at radius 3 is 1.28 bits per heavy atom. The van der Waals surface area contributed by atoms with Crippen LogP contribution in [0.15, 0.2) is 0 Å². The summed E-state index contributed by atoms with van der Waals surface area (Å²) in [5, 5.41) is 48.7. The van der Waals surface area contributed by atoms with E-state index in [1.165, 1.54) is 13.8 Å². The second kappa shape index (κ2) is 30.4. The number of aliphatic hydroxyl groups is 2. The van der Waals surface area contributed by atoms with Gasteiger partial charge in [-0.3, -0.25) is 47.9 Å². The molecule has 0 unspecified atom stereocenters. The molecule has 0 aromatic rings. The molecule has 388 valence electrons. The van der Waals surface area contributed by atoms with Crippen molar-refractivity contribution < 1.29 is 68.1 Å². The summed E-state index contributed by atoms with van der Waals surface area (Å²) in [7, 11) is 0. The van der Waals surface area contributed by atoms with E-state index in [2.05, 4.69) is 42.5 Å². The number of carboxylic acids is 1. The van der Waals surface area contributed by atoms with Crippen LogP contribution in [-0.2, 0) is 52.7 Å². The van der Waals surface area contributed by atoms with Crippen LogP contribution < -0.4 is 59.7 Å². The van der Waals surface area contributed by atoms with Crippen LogP contribution in [0.5, 0.6) is 0 Å². The van der Waals surface area contributed by atoms with Crippen molar-refractivity contribution in [2.75, 3.05) is 6.61 Å². The summed E-state index contributed by atoms with van der Waals surface area (Å²) in [4.78, 5) is 142. The minimum absolute atomic E-state index is 0.0143. The third kappa shape index (κ3) is 23.2. The van der Waals surface area contributed by atoms with Crippen LogP contribution in [-0.4, -0.2) is 147 Å². The van der Waals surface area contributed by atoms with Crippen molar-refractivity contribution in [2.24, 2.45) is 40.9 Å². The van der Waals surface area contributed by atoms with E-state index in [0.717, 1.165) is 0 Å². The van der Waals surface area contributed by atoms with E-state index < -0.39 is 151 Å². The summed E-state index contributed by atoms with van der Waals surface area (Å²) in [6.45, 7) is 15.5. The van der Waals surface area contributed by atoms with Gasteiger partial charge in [0, 0.05) is 6.42 Å². The topological polar surface area (TPSA) is 423 Å². The van der Waals surface area contributed by atoms with Gasteiger partial charge in [0.05, 0.1) is 25.2 Å². The maximum absolute atomic E-state index is 13.9. The summed E-state index contributed by atoms with van der Waals surface area (Å²) in [6, 6.07) is -12.7. The third-order valence-corrected chi connectivity index (χ3v) is 10.5. The second-order valence-corrected chi connectivity index (χ2v) is 18.3. The summed E-state index contributed by atoms with van der Waals surface area (Å²) >= 11 is 0. The van der Waals surface area contributed by atoms with Crippen LogP contribution in [0.3, 0.4) is 0 Å². The van der Waals surface area contributed by atoms with E-state index in [9.17, 15) is 68.1 Å². The predicted octanol–water partition coefficient (Wildman–Crippen LogP) is -4.01. The molecule has 0 heterocycles. The summed E-state index contributed by atoms with van der Waals surface area (Å²) in [6.07, 6.45) is -2.37. The van der Waals surface area contributed by atoms with Crippen LogP contribution >= 0.6 is 0 Å². The fourth-order valence-corrected chi connectivity index (χ4v) is 6.52. The Bertz CT molecular complexity index is 1760. The first kappa shape index (κ1) is 62.1. The van der Waals surface area contributed by atoms with E-state index >= 15 is 0 Å². The highest BCUT2D eigenvalue weighted by Crippen LogP contribution is 2.13. The molecule has 11 atom stereocenters. The van der Waals surface area contributed by atoms with Gasteiger partial charge in [-0.15, -0.1) is 0 Å². The van der Waals surface area contributed by atoms with Gasteiger partial charge in [-0.2, -0.15) is 0 Å². The molecule has 0 spiro atoms. The zero-order valence-corrected chi connectivity index (χ0v) is 40.8. The van der Waals surface area contributed by atoms with E-state index in [1.54, 1.807) is 55.4 Å². The van der Waals surface area contributed by atoms with Crippen molar-refractivity contribution in [3.05, 3.63) is 0 Å². The van der Waals surface area contributed by atoms with Gasteiger partial charge in [0.15, 0.2) is 0 Å². The lowest BCUT2D eigenvalue weighted by Gasteiger charge is -2.29. The molecule has 10 amide bonds. The molecule has 0 aromatic carbocycles. The normalized spacial score (nSPS) is 16.2. The highest BCUT2D eigenvalue weighted by Gasteiger charge is 2.36. The first-order chi connectivity index (χ1) is 31.4. The Morgan fingerprint density at radius 1 is 0.485 bits per heavy atom. The largest absolute Gasteiger partial charge is 0.480 e. The molecule has 0 aromatic heterocycles. The molecular weight excluding hydrogens is 895 g/mol. The standard InChI is InChI=1S/C43H77N11O14/c1-11-22(8)33(41(65)52-30(18-55)43(67)68)53-40(64)29(16-21(6)7)49-35(59)23(9)47-38(62)27(14-19(2)3)50-37(61)26(12-13-31(45)57)48-39(63)28(15-20(4)5)51-42(66)34(24(10)56)54-36(60)25(44)17-32(46)58/h19-30,33-34,55-56H,11-18,44H2,1-10H3,(H2,45,57)(H2,46,58)(H,47,62)(H,48,63)(H,49,59)(H,50,61)(H,51,66)(H,52,65)(H,53,64)(H,54,60)(H,67,68)/t22-,23-,24+,25-,26-,27-,28-,29-,30-,33-,34-/m0/s1. The van der Waals surface area contributed by atoms with Crippen LogP contribution in [0.1, 0.15) is 114 Å². The highest BCUT2D eigenvalue weighted by molar-refractivity contribution is 5.98. The first-order valence-corrected chi connectivity index (χ1v) is 22.7. The average Bonchev–Trinajstić information content (AvgIpc) is 3.22. The van der Waals surface area contributed by atoms with Gasteiger partial charge in [-0.05, 0) is 63.2 Å². The molecular formula is C43H77N11O14. The molecule has 17 N–H and O–H groups in total. The van der Waals surface area contributed by atoms with Crippen LogP contribution in [0.25, 0.3) is 0 Å². The highest BCUT2D eigenvalue weighted by atomic mass is 16.4. The maximum atomic E-state index is 13.9. The lowest BCUT2D eigenvalue weighted by molar-refractivity contribution is -0.143. The Hall–Kier alpha value is -5.95. The van der Waals surface area contributed by atoms with Crippen molar-refractivity contribution >= 4 is 65.0 Å². The number of carbonyl (C=O) groups is 11. The Morgan fingerprint density at radius 2 is 0.868 bits per heavy atom. The molecule has 0 radical (unpaired) electrons. The lowest BCUT2D eigenvalue weighted by atomic mass is 9.96. The van der Waals surface area contributed by atoms with Crippen LogP contribution in [0, 0.1) is 23.7 Å². The van der Waals surface area contributed by atoms with E-state index in [1.807, 2.05) is 0 Å². The number of carboxylic acid groups (broad SMARTS) is 1. The smallest absolute Gasteiger partial charge is 0.328 e. The number of carbonyl (C=O) groups excluding carboxylic acids is 10. The Kier molecular flexibility index (Phi) is 27.8. The number of aliphatic hydroxyl groups excluding tert-OH is 2. The number of nitrogens with one attached hydrogen (secondary N) is 8. The predicted molar refractivity (Wildman–Crippen MR) is 246 cm³/mol. The summed E-state index contributed by atoms with van der Waals surface area (Å²) in [5.74, 6) is -11.5. The van der Waals surface area contributed by atoms with Crippen LogP contribution in [0.4, 0.5) is 0 Å².